The van der Waals surface area contributed by atoms with Crippen LogP contribution in [0.1, 0.15) is 32.3 Å². The number of benzene rings is 1. The SMILES string of the molecule is CCCOC(=S)Cc1cc(NC(=O)CC)c(F)cc1Br. The summed E-state index contributed by atoms with van der Waals surface area (Å²) in [6.07, 6.45) is 1.57. The predicted octanol–water partition coefficient (Wildman–Crippen LogP) is 4.23. The molecular weight excluding hydrogens is 345 g/mol. The molecule has 1 rings (SSSR count). The van der Waals surface area contributed by atoms with Crippen molar-refractivity contribution in [2.75, 3.05) is 11.9 Å². The van der Waals surface area contributed by atoms with E-state index >= 15 is 0 Å². The molecule has 0 aliphatic heterocycles. The smallest absolute Gasteiger partial charge is 0.224 e. The van der Waals surface area contributed by atoms with E-state index in [0.717, 1.165) is 12.0 Å². The fourth-order valence-electron chi connectivity index (χ4n) is 1.49. The van der Waals surface area contributed by atoms with Crippen LogP contribution in [-0.4, -0.2) is 17.6 Å². The Morgan fingerprint density at radius 1 is 1.45 bits per heavy atom. The molecule has 0 aliphatic carbocycles. The molecule has 0 unspecified atom stereocenters. The fourth-order valence-corrected chi connectivity index (χ4v) is 2.18. The maximum absolute atomic E-state index is 13.8. The normalized spacial score (nSPS) is 10.2. The van der Waals surface area contributed by atoms with Crippen molar-refractivity contribution in [2.45, 2.75) is 33.1 Å². The van der Waals surface area contributed by atoms with Gasteiger partial charge in [0, 0.05) is 17.3 Å². The lowest BCUT2D eigenvalue weighted by Crippen LogP contribution is -2.12. The Labute approximate surface area is 132 Å². The molecule has 1 aromatic carbocycles. The third-order valence-electron chi connectivity index (χ3n) is 2.53. The van der Waals surface area contributed by atoms with Crippen molar-refractivity contribution in [3.8, 4) is 0 Å². The first kappa shape index (κ1) is 17.0. The number of nitrogens with one attached hydrogen (secondary N) is 1. The van der Waals surface area contributed by atoms with Gasteiger partial charge >= 0.3 is 0 Å². The number of hydrogen-bond acceptors (Lipinski definition) is 3. The number of carbonyl (C=O) groups excluding carboxylic acids is 1. The van der Waals surface area contributed by atoms with Gasteiger partial charge in [0.2, 0.25) is 5.91 Å². The van der Waals surface area contributed by atoms with Crippen molar-refractivity contribution in [3.63, 3.8) is 0 Å². The lowest BCUT2D eigenvalue weighted by Gasteiger charge is -2.11. The van der Waals surface area contributed by atoms with Crippen LogP contribution >= 0.6 is 28.1 Å². The third kappa shape index (κ3) is 5.17. The van der Waals surface area contributed by atoms with Crippen LogP contribution in [0.2, 0.25) is 0 Å². The summed E-state index contributed by atoms with van der Waals surface area (Å²) in [5.41, 5.74) is 0.937. The molecule has 0 aliphatic rings. The standard InChI is InChI=1S/C14H17BrFNO2S/c1-3-5-19-14(20)7-9-6-12(17-13(18)4-2)11(16)8-10(9)15/h6,8H,3-5,7H2,1-2H3,(H,17,18). The van der Waals surface area contributed by atoms with E-state index in [2.05, 4.69) is 21.2 Å². The zero-order valence-corrected chi connectivity index (χ0v) is 13.9. The zero-order chi connectivity index (χ0) is 15.1. The Bertz CT molecular complexity index is 508. The van der Waals surface area contributed by atoms with Crippen LogP contribution in [0.5, 0.6) is 0 Å². The Hall–Kier alpha value is -1.01. The van der Waals surface area contributed by atoms with Gasteiger partial charge in [-0.05, 0) is 36.3 Å². The van der Waals surface area contributed by atoms with Crippen LogP contribution in [0.15, 0.2) is 16.6 Å². The first-order chi connectivity index (χ1) is 9.47. The largest absolute Gasteiger partial charge is 0.487 e. The third-order valence-corrected chi connectivity index (χ3v) is 3.53. The number of carbonyl (C=O) groups is 1. The van der Waals surface area contributed by atoms with Gasteiger partial charge in [0.1, 0.15) is 5.82 Å². The van der Waals surface area contributed by atoms with E-state index in [1.165, 1.54) is 6.07 Å². The van der Waals surface area contributed by atoms with Gasteiger partial charge in [-0.1, -0.05) is 29.8 Å². The molecule has 1 amide bonds. The molecule has 0 saturated heterocycles. The van der Waals surface area contributed by atoms with Gasteiger partial charge in [-0.3, -0.25) is 4.79 Å². The average Bonchev–Trinajstić information content (AvgIpc) is 2.41. The molecule has 0 saturated carbocycles. The second-order valence-corrected chi connectivity index (χ2v) is 5.53. The van der Waals surface area contributed by atoms with Crippen LogP contribution in [0.4, 0.5) is 10.1 Å². The summed E-state index contributed by atoms with van der Waals surface area (Å²) in [6.45, 7) is 4.27. The lowest BCUT2D eigenvalue weighted by atomic mass is 10.1. The van der Waals surface area contributed by atoms with Crippen molar-refractivity contribution in [1.82, 2.24) is 0 Å². The summed E-state index contributed by atoms with van der Waals surface area (Å²) >= 11 is 8.42. The number of anilines is 1. The Morgan fingerprint density at radius 3 is 2.75 bits per heavy atom. The number of ether oxygens (including phenoxy) is 1. The second kappa shape index (κ2) is 8.32. The first-order valence-corrected chi connectivity index (χ1v) is 7.61. The van der Waals surface area contributed by atoms with E-state index in [4.69, 9.17) is 17.0 Å². The maximum atomic E-state index is 13.8. The van der Waals surface area contributed by atoms with Crippen molar-refractivity contribution < 1.29 is 13.9 Å². The molecule has 0 fully saturated rings. The average molecular weight is 362 g/mol. The Balaban J connectivity index is 2.88. The van der Waals surface area contributed by atoms with Crippen LogP contribution in [0, 0.1) is 5.82 Å². The Morgan fingerprint density at radius 2 is 2.15 bits per heavy atom. The van der Waals surface area contributed by atoms with E-state index in [0.29, 0.717) is 29.0 Å². The summed E-state index contributed by atoms with van der Waals surface area (Å²) in [7, 11) is 0. The minimum Gasteiger partial charge on any atom is -0.487 e. The van der Waals surface area contributed by atoms with Crippen molar-refractivity contribution in [2.24, 2.45) is 0 Å². The van der Waals surface area contributed by atoms with Crippen LogP contribution in [-0.2, 0) is 16.0 Å². The van der Waals surface area contributed by atoms with Gasteiger partial charge in [-0.2, -0.15) is 0 Å². The molecule has 110 valence electrons. The molecular formula is C14H17BrFNO2S. The number of rotatable bonds is 6. The topological polar surface area (TPSA) is 38.3 Å². The highest BCUT2D eigenvalue weighted by Crippen LogP contribution is 2.25. The monoisotopic (exact) mass is 361 g/mol. The lowest BCUT2D eigenvalue weighted by molar-refractivity contribution is -0.115. The van der Waals surface area contributed by atoms with E-state index < -0.39 is 5.82 Å². The minimum absolute atomic E-state index is 0.161. The zero-order valence-electron chi connectivity index (χ0n) is 11.5. The molecule has 1 aromatic rings. The van der Waals surface area contributed by atoms with Crippen molar-refractivity contribution >= 4 is 44.8 Å². The fraction of sp³-hybridized carbons (Fsp3) is 0.429. The van der Waals surface area contributed by atoms with Crippen LogP contribution in [0.3, 0.4) is 0 Å². The quantitative estimate of drug-likeness (QED) is 0.770. The summed E-state index contributed by atoms with van der Waals surface area (Å²) in [4.78, 5) is 11.4. The highest BCUT2D eigenvalue weighted by molar-refractivity contribution is 9.10. The molecule has 0 aromatic heterocycles. The minimum atomic E-state index is -0.484. The summed E-state index contributed by atoms with van der Waals surface area (Å²) in [5.74, 6) is -0.718. The van der Waals surface area contributed by atoms with Gasteiger partial charge in [0.25, 0.3) is 0 Å². The molecule has 0 bridgehead atoms. The summed E-state index contributed by atoms with van der Waals surface area (Å²) < 4.78 is 19.7. The molecule has 0 atom stereocenters. The highest BCUT2D eigenvalue weighted by atomic mass is 79.9. The molecule has 0 radical (unpaired) electrons. The summed E-state index contributed by atoms with van der Waals surface area (Å²) in [5, 5.41) is 2.98. The maximum Gasteiger partial charge on any atom is 0.224 e. The number of thiocarbonyl (C=S) groups is 1. The number of amides is 1. The number of hydrogen-bond donors (Lipinski definition) is 1. The van der Waals surface area contributed by atoms with Crippen LogP contribution in [0.25, 0.3) is 0 Å². The van der Waals surface area contributed by atoms with Gasteiger partial charge < -0.3 is 10.1 Å². The molecule has 1 N–H and O–H groups in total. The van der Waals surface area contributed by atoms with Crippen molar-refractivity contribution in [1.29, 1.82) is 0 Å². The highest BCUT2D eigenvalue weighted by Gasteiger charge is 2.12. The van der Waals surface area contributed by atoms with E-state index in [-0.39, 0.29) is 11.6 Å². The van der Waals surface area contributed by atoms with Crippen LogP contribution < -0.4 is 5.32 Å². The number of halogens is 2. The first-order valence-electron chi connectivity index (χ1n) is 6.41. The van der Waals surface area contributed by atoms with E-state index in [1.54, 1.807) is 13.0 Å². The molecule has 6 heteroatoms. The molecule has 0 spiro atoms. The Kier molecular flexibility index (Phi) is 7.09. The second-order valence-electron chi connectivity index (χ2n) is 4.22. The van der Waals surface area contributed by atoms with Gasteiger partial charge in [0.05, 0.1) is 12.3 Å². The van der Waals surface area contributed by atoms with Gasteiger partial charge in [-0.25, -0.2) is 4.39 Å². The van der Waals surface area contributed by atoms with Crippen molar-refractivity contribution in [3.05, 3.63) is 28.0 Å². The summed E-state index contributed by atoms with van der Waals surface area (Å²) in [6, 6.07) is 2.90. The molecule has 20 heavy (non-hydrogen) atoms. The van der Waals surface area contributed by atoms with E-state index in [9.17, 15) is 9.18 Å². The predicted molar refractivity (Wildman–Crippen MR) is 85.6 cm³/mol. The molecule has 3 nitrogen and oxygen atoms in total. The van der Waals surface area contributed by atoms with Gasteiger partial charge in [0.15, 0.2) is 5.05 Å². The van der Waals surface area contributed by atoms with Gasteiger partial charge in [-0.15, -0.1) is 0 Å². The van der Waals surface area contributed by atoms with E-state index in [1.807, 2.05) is 6.92 Å². The molecule has 0 heterocycles.